The van der Waals surface area contributed by atoms with Crippen molar-refractivity contribution >= 4 is 56.7 Å². The second-order valence-electron chi connectivity index (χ2n) is 9.24. The van der Waals surface area contributed by atoms with Crippen LogP contribution in [0, 0.1) is 0 Å². The Balaban J connectivity index is 1.24. The molecule has 0 spiro atoms. The topological polar surface area (TPSA) is 87.9 Å². The molecule has 37 heavy (non-hydrogen) atoms. The normalized spacial score (nSPS) is 14.8. The third kappa shape index (κ3) is 3.14. The number of hydrogen-bond acceptors (Lipinski definition) is 5. The van der Waals surface area contributed by atoms with Gasteiger partial charge in [0, 0.05) is 10.8 Å². The highest BCUT2D eigenvalue weighted by molar-refractivity contribution is 6.52. The van der Waals surface area contributed by atoms with Crippen LogP contribution in [0.2, 0.25) is 0 Å². The number of furan rings is 1. The first-order valence-corrected chi connectivity index (χ1v) is 11.8. The Morgan fingerprint density at radius 1 is 0.541 bits per heavy atom. The molecule has 7 nitrogen and oxygen atoms in total. The molecule has 0 saturated carbocycles. The van der Waals surface area contributed by atoms with Crippen molar-refractivity contribution in [1.82, 2.24) is 0 Å². The van der Waals surface area contributed by atoms with Crippen molar-refractivity contribution in [3.8, 4) is 0 Å². The average molecular weight is 486 g/mol. The van der Waals surface area contributed by atoms with Gasteiger partial charge in [-0.25, -0.2) is 0 Å². The fraction of sp³-hybridized carbons (Fsp3) is 0.0667. The zero-order valence-corrected chi connectivity index (χ0v) is 19.4. The van der Waals surface area contributed by atoms with E-state index in [1.54, 1.807) is 36.4 Å². The molecule has 2 aliphatic rings. The first kappa shape index (κ1) is 21.3. The number of Topliss-reactive ketones (excluding diaryl/α,β-unsaturated/α-hetero) is 2. The van der Waals surface area contributed by atoms with Gasteiger partial charge in [-0.3, -0.25) is 19.2 Å². The molecule has 0 unspecified atom stereocenters. The highest BCUT2D eigenvalue weighted by Crippen LogP contribution is 2.35. The quantitative estimate of drug-likeness (QED) is 0.332. The van der Waals surface area contributed by atoms with Crippen LogP contribution in [0.4, 0.5) is 11.4 Å². The van der Waals surface area contributed by atoms with Gasteiger partial charge in [0.1, 0.15) is 11.2 Å². The number of amides is 2. The number of carbonyl (C=O) groups is 4. The molecule has 2 aliphatic heterocycles. The Kier molecular flexibility index (Phi) is 4.44. The predicted octanol–water partition coefficient (Wildman–Crippen LogP) is 5.05. The van der Waals surface area contributed by atoms with E-state index in [1.165, 1.54) is 9.80 Å². The van der Waals surface area contributed by atoms with E-state index in [4.69, 9.17) is 4.42 Å². The first-order valence-electron chi connectivity index (χ1n) is 11.8. The van der Waals surface area contributed by atoms with Crippen molar-refractivity contribution in [3.05, 3.63) is 107 Å². The number of carbonyl (C=O) groups excluding carboxylic acids is 4. The van der Waals surface area contributed by atoms with E-state index < -0.39 is 23.4 Å². The Hall–Kier alpha value is -5.04. The van der Waals surface area contributed by atoms with Crippen molar-refractivity contribution in [2.24, 2.45) is 0 Å². The number of nitrogens with zero attached hydrogens (tertiary/aromatic N) is 2. The van der Waals surface area contributed by atoms with Crippen molar-refractivity contribution in [3.63, 3.8) is 0 Å². The maximum Gasteiger partial charge on any atom is 0.299 e. The number of benzene rings is 4. The lowest BCUT2D eigenvalue weighted by atomic mass is 10.1. The second-order valence-corrected chi connectivity index (χ2v) is 9.24. The molecule has 3 heterocycles. The van der Waals surface area contributed by atoms with Crippen LogP contribution in [0.5, 0.6) is 0 Å². The van der Waals surface area contributed by atoms with Crippen LogP contribution < -0.4 is 9.80 Å². The van der Waals surface area contributed by atoms with Crippen molar-refractivity contribution in [2.75, 3.05) is 9.80 Å². The molecule has 0 atom stereocenters. The predicted molar refractivity (Wildman–Crippen MR) is 138 cm³/mol. The monoisotopic (exact) mass is 486 g/mol. The lowest BCUT2D eigenvalue weighted by molar-refractivity contribution is -0.115. The summed E-state index contributed by atoms with van der Waals surface area (Å²) in [7, 11) is 0. The highest BCUT2D eigenvalue weighted by atomic mass is 16.3. The zero-order chi connectivity index (χ0) is 25.3. The Morgan fingerprint density at radius 2 is 0.973 bits per heavy atom. The summed E-state index contributed by atoms with van der Waals surface area (Å²) >= 11 is 0. The van der Waals surface area contributed by atoms with Gasteiger partial charge in [-0.1, -0.05) is 36.4 Å². The van der Waals surface area contributed by atoms with Crippen LogP contribution in [-0.4, -0.2) is 23.4 Å². The number of para-hydroxylation sites is 2. The van der Waals surface area contributed by atoms with E-state index in [1.807, 2.05) is 48.5 Å². The SMILES string of the molecule is O=C1C(=O)N(Cc2ccc3oc4ccc(CN5C(=O)C(=O)c6ccccc65)cc4c3c2)c2ccccc21. The summed E-state index contributed by atoms with van der Waals surface area (Å²) in [4.78, 5) is 53.1. The molecule has 7 rings (SSSR count). The molecule has 4 aromatic carbocycles. The zero-order valence-electron chi connectivity index (χ0n) is 19.4. The van der Waals surface area contributed by atoms with Crippen molar-refractivity contribution in [2.45, 2.75) is 13.1 Å². The summed E-state index contributed by atoms with van der Waals surface area (Å²) in [6, 6.07) is 25.4. The average Bonchev–Trinajstić information content (AvgIpc) is 3.49. The van der Waals surface area contributed by atoms with E-state index >= 15 is 0 Å². The van der Waals surface area contributed by atoms with Crippen molar-refractivity contribution < 1.29 is 23.6 Å². The fourth-order valence-electron chi connectivity index (χ4n) is 5.24. The van der Waals surface area contributed by atoms with Crippen LogP contribution >= 0.6 is 0 Å². The van der Waals surface area contributed by atoms with Gasteiger partial charge >= 0.3 is 0 Å². The van der Waals surface area contributed by atoms with E-state index in [2.05, 4.69) is 0 Å². The van der Waals surface area contributed by atoms with Gasteiger partial charge in [-0.05, 0) is 59.7 Å². The van der Waals surface area contributed by atoms with Crippen LogP contribution in [0.1, 0.15) is 31.8 Å². The molecular weight excluding hydrogens is 468 g/mol. The summed E-state index contributed by atoms with van der Waals surface area (Å²) in [6.07, 6.45) is 0. The van der Waals surface area contributed by atoms with Crippen LogP contribution in [0.3, 0.4) is 0 Å². The van der Waals surface area contributed by atoms with Gasteiger partial charge in [0.05, 0.1) is 35.6 Å². The minimum Gasteiger partial charge on any atom is -0.456 e. The van der Waals surface area contributed by atoms with Gasteiger partial charge in [0.2, 0.25) is 0 Å². The van der Waals surface area contributed by atoms with E-state index in [0.29, 0.717) is 33.7 Å². The Morgan fingerprint density at radius 3 is 1.43 bits per heavy atom. The minimum atomic E-state index is -0.536. The third-order valence-corrected chi connectivity index (χ3v) is 7.04. The van der Waals surface area contributed by atoms with E-state index in [0.717, 1.165) is 21.9 Å². The molecule has 1 aromatic heterocycles. The molecule has 0 bridgehead atoms. The molecular formula is C30H18N2O5. The standard InChI is InChI=1S/C30H18N2O5/c33-27-19-5-1-3-7-23(19)31(29(27)35)15-17-9-11-25-21(13-17)22-14-18(10-12-26(22)37-25)16-32-24-8-4-2-6-20(24)28(34)30(32)36/h1-14H,15-16H2. The molecule has 0 fully saturated rings. The summed E-state index contributed by atoms with van der Waals surface area (Å²) in [5.74, 6) is -2.06. The maximum atomic E-state index is 12.6. The van der Waals surface area contributed by atoms with Crippen LogP contribution in [0.15, 0.2) is 89.3 Å². The smallest absolute Gasteiger partial charge is 0.299 e. The highest BCUT2D eigenvalue weighted by Gasteiger charge is 2.36. The number of ketones is 2. The molecule has 0 radical (unpaired) electrons. The number of anilines is 2. The minimum absolute atomic E-state index is 0.255. The molecule has 7 heteroatoms. The molecule has 0 aliphatic carbocycles. The first-order chi connectivity index (χ1) is 18.0. The van der Waals surface area contributed by atoms with E-state index in [-0.39, 0.29) is 13.1 Å². The lowest BCUT2D eigenvalue weighted by Gasteiger charge is -2.17. The van der Waals surface area contributed by atoms with Gasteiger partial charge in [-0.2, -0.15) is 0 Å². The van der Waals surface area contributed by atoms with Crippen LogP contribution in [-0.2, 0) is 22.7 Å². The second kappa shape index (κ2) is 7.73. The van der Waals surface area contributed by atoms with Crippen molar-refractivity contribution in [1.29, 1.82) is 0 Å². The summed E-state index contributed by atoms with van der Waals surface area (Å²) < 4.78 is 6.02. The van der Waals surface area contributed by atoms with Gasteiger partial charge in [0.25, 0.3) is 23.4 Å². The molecule has 178 valence electrons. The summed E-state index contributed by atoms with van der Waals surface area (Å²) in [5, 5.41) is 1.73. The summed E-state index contributed by atoms with van der Waals surface area (Å²) in [5.41, 5.74) is 5.16. The maximum absolute atomic E-state index is 12.6. The third-order valence-electron chi connectivity index (χ3n) is 7.04. The van der Waals surface area contributed by atoms with Crippen LogP contribution in [0.25, 0.3) is 21.9 Å². The summed E-state index contributed by atoms with van der Waals surface area (Å²) in [6.45, 7) is 0.510. The largest absolute Gasteiger partial charge is 0.456 e. The number of fused-ring (bicyclic) bond motifs is 5. The number of rotatable bonds is 4. The molecule has 0 N–H and O–H groups in total. The Bertz CT molecular complexity index is 1700. The van der Waals surface area contributed by atoms with E-state index in [9.17, 15) is 19.2 Å². The molecule has 0 saturated heterocycles. The van der Waals surface area contributed by atoms with Gasteiger partial charge in [0.15, 0.2) is 0 Å². The van der Waals surface area contributed by atoms with Gasteiger partial charge in [-0.15, -0.1) is 0 Å². The number of hydrogen-bond donors (Lipinski definition) is 0. The Labute approximate surface area is 210 Å². The van der Waals surface area contributed by atoms with Gasteiger partial charge < -0.3 is 14.2 Å². The lowest BCUT2D eigenvalue weighted by Crippen LogP contribution is -2.29. The fourth-order valence-corrected chi connectivity index (χ4v) is 5.24. The molecule has 5 aromatic rings. The molecule has 2 amide bonds.